The average Bonchev–Trinajstić information content (AvgIpc) is 4.08. The first-order valence-corrected chi connectivity index (χ1v) is 26.6. The highest BCUT2D eigenvalue weighted by molar-refractivity contribution is 6.62. The summed E-state index contributed by atoms with van der Waals surface area (Å²) < 4.78 is 21.3. The Kier molecular flexibility index (Phi) is 11.9. The SMILES string of the molecule is CCCCc1ccc2c(c1)Oc1cc(-c3cc(-c4ccccc4)nc(-c4ccccc4)n3)ccc1C21c2ccccc2-c2cc(B3OC(C)(C)C(C)(Cc4cccc(-c5nc(Cl)nc(-c6ccccc6)n5)c4)O3)ccc21. The van der Waals surface area contributed by atoms with Crippen molar-refractivity contribution in [2.75, 3.05) is 0 Å². The fourth-order valence-electron chi connectivity index (χ4n) is 11.5. The Morgan fingerprint density at radius 1 is 0.461 bits per heavy atom. The summed E-state index contributed by atoms with van der Waals surface area (Å²) >= 11 is 6.49. The molecule has 1 aliphatic carbocycles. The van der Waals surface area contributed by atoms with Gasteiger partial charge in [0.15, 0.2) is 17.5 Å². The van der Waals surface area contributed by atoms with Gasteiger partial charge in [-0.15, -0.1) is 0 Å². The second-order valence-corrected chi connectivity index (χ2v) is 21.2. The molecule has 4 heterocycles. The zero-order valence-electron chi connectivity index (χ0n) is 42.8. The summed E-state index contributed by atoms with van der Waals surface area (Å²) in [4.78, 5) is 24.1. The highest BCUT2D eigenvalue weighted by Gasteiger charge is 2.56. The van der Waals surface area contributed by atoms with Gasteiger partial charge < -0.3 is 14.0 Å². The van der Waals surface area contributed by atoms with Gasteiger partial charge in [-0.2, -0.15) is 9.97 Å². The summed E-state index contributed by atoms with van der Waals surface area (Å²) in [7, 11) is -0.625. The van der Waals surface area contributed by atoms with Crippen LogP contribution in [0.1, 0.15) is 73.9 Å². The van der Waals surface area contributed by atoms with Gasteiger partial charge >= 0.3 is 7.12 Å². The molecule has 8 aromatic carbocycles. The Hall–Kier alpha value is -8.08. The second kappa shape index (κ2) is 18.9. The van der Waals surface area contributed by atoms with Crippen LogP contribution in [0, 0.1) is 0 Å². The molecule has 2 unspecified atom stereocenters. The first-order chi connectivity index (χ1) is 37.1. The van der Waals surface area contributed by atoms with Crippen LogP contribution in [0.5, 0.6) is 11.5 Å². The van der Waals surface area contributed by atoms with Crippen LogP contribution in [0.4, 0.5) is 0 Å². The molecule has 1 saturated heterocycles. The van der Waals surface area contributed by atoms with Crippen molar-refractivity contribution in [3.05, 3.63) is 239 Å². The molecule has 2 aliphatic heterocycles. The minimum absolute atomic E-state index is 0.144. The van der Waals surface area contributed by atoms with Gasteiger partial charge in [0.2, 0.25) is 5.28 Å². The van der Waals surface area contributed by atoms with E-state index in [1.165, 1.54) is 22.3 Å². The number of ether oxygens (including phenoxy) is 1. The third-order valence-electron chi connectivity index (χ3n) is 15.7. The predicted octanol–water partition coefficient (Wildman–Crippen LogP) is 15.0. The molecular formula is C66H53BClN5O3. The molecule has 0 saturated carbocycles. The smallest absolute Gasteiger partial charge is 0.457 e. The zero-order chi connectivity index (χ0) is 51.6. The van der Waals surface area contributed by atoms with Gasteiger partial charge in [-0.3, -0.25) is 0 Å². The lowest BCUT2D eigenvalue weighted by Gasteiger charge is -2.39. The maximum Gasteiger partial charge on any atom is 0.494 e. The summed E-state index contributed by atoms with van der Waals surface area (Å²) in [5.41, 5.74) is 14.4. The van der Waals surface area contributed by atoms with Crippen molar-refractivity contribution >= 4 is 24.2 Å². The van der Waals surface area contributed by atoms with Crippen molar-refractivity contribution in [1.29, 1.82) is 0 Å². The van der Waals surface area contributed by atoms with E-state index in [9.17, 15) is 0 Å². The van der Waals surface area contributed by atoms with Crippen molar-refractivity contribution < 1.29 is 14.0 Å². The third-order valence-corrected chi connectivity index (χ3v) is 15.9. The molecule has 1 fully saturated rings. The average molecular weight is 1010 g/mol. The number of hydrogen-bond donors (Lipinski definition) is 0. The van der Waals surface area contributed by atoms with E-state index in [1.807, 2.05) is 78.9 Å². The lowest BCUT2D eigenvalue weighted by molar-refractivity contribution is -0.00876. The Balaban J connectivity index is 0.885. The van der Waals surface area contributed by atoms with Crippen LogP contribution >= 0.6 is 11.6 Å². The number of unbranched alkanes of at least 4 members (excludes halogenated alkanes) is 1. The largest absolute Gasteiger partial charge is 0.494 e. The summed E-state index contributed by atoms with van der Waals surface area (Å²) in [5.74, 6) is 3.36. The lowest BCUT2D eigenvalue weighted by atomic mass is 9.65. The van der Waals surface area contributed by atoms with E-state index >= 15 is 0 Å². The number of aromatic nitrogens is 5. The first-order valence-electron chi connectivity index (χ1n) is 26.2. The fourth-order valence-corrected chi connectivity index (χ4v) is 11.7. The first kappa shape index (κ1) is 47.6. The van der Waals surface area contributed by atoms with Crippen LogP contribution < -0.4 is 10.2 Å². The molecule has 0 N–H and O–H groups in total. The topological polar surface area (TPSA) is 92.1 Å². The van der Waals surface area contributed by atoms with E-state index in [-0.39, 0.29) is 5.28 Å². The van der Waals surface area contributed by atoms with Crippen molar-refractivity contribution in [2.45, 2.75) is 70.0 Å². The quantitative estimate of drug-likeness (QED) is 0.118. The molecule has 76 heavy (non-hydrogen) atoms. The van der Waals surface area contributed by atoms with Gasteiger partial charge in [-0.05, 0) is 108 Å². The zero-order valence-corrected chi connectivity index (χ0v) is 43.6. The van der Waals surface area contributed by atoms with Gasteiger partial charge in [0, 0.05) is 45.4 Å². The maximum absolute atomic E-state index is 7.17. The third kappa shape index (κ3) is 8.21. The van der Waals surface area contributed by atoms with Crippen molar-refractivity contribution in [1.82, 2.24) is 24.9 Å². The molecule has 10 heteroatoms. The molecule has 0 amide bonds. The Labute approximate surface area is 449 Å². The minimum Gasteiger partial charge on any atom is -0.457 e. The Morgan fingerprint density at radius 2 is 1.05 bits per heavy atom. The van der Waals surface area contributed by atoms with Crippen LogP contribution in [0.15, 0.2) is 200 Å². The number of aryl methyl sites for hydroxylation is 1. The molecule has 0 radical (unpaired) electrons. The van der Waals surface area contributed by atoms with Gasteiger partial charge in [0.25, 0.3) is 0 Å². The monoisotopic (exact) mass is 1010 g/mol. The Bertz CT molecular complexity index is 3800. The number of rotatable bonds is 11. The molecule has 8 nitrogen and oxygen atoms in total. The summed E-state index contributed by atoms with van der Waals surface area (Å²) in [6.45, 7) is 8.63. The lowest BCUT2D eigenvalue weighted by Crippen LogP contribution is -2.46. The van der Waals surface area contributed by atoms with Crippen LogP contribution in [-0.2, 0) is 27.6 Å². The van der Waals surface area contributed by atoms with Gasteiger partial charge in [-0.1, -0.05) is 189 Å². The number of hydrogen-bond acceptors (Lipinski definition) is 8. The van der Waals surface area contributed by atoms with E-state index in [1.54, 1.807) is 0 Å². The number of fused-ring (bicyclic) bond motifs is 9. The normalized spacial score (nSPS) is 17.7. The van der Waals surface area contributed by atoms with Crippen LogP contribution in [0.2, 0.25) is 5.28 Å². The van der Waals surface area contributed by atoms with Gasteiger partial charge in [-0.25, -0.2) is 15.0 Å². The van der Waals surface area contributed by atoms with Crippen molar-refractivity contribution in [2.24, 2.45) is 0 Å². The van der Waals surface area contributed by atoms with E-state index in [0.29, 0.717) is 23.9 Å². The summed E-state index contributed by atoms with van der Waals surface area (Å²) in [5, 5.41) is 0.144. The standard InChI is InChI=1S/C66H53BClN5O3/c1-5-6-19-42-30-33-54-58(37-42)74-59-38-47(57-40-56(44-21-10-7-11-22-44)69-60(70-57)45-23-12-8-13-24-45)31-34-55(59)66(54)52-29-17-16-28-50(52)51-39-49(32-35-53(51)66)67-75-64(2,3)65(4,76-67)41-43-20-18-27-48(36-43)62-71-61(72-63(68)73-62)46-25-14-9-15-26-46/h7-18,20-40H,5-6,19,41H2,1-4H3. The summed E-state index contributed by atoms with van der Waals surface area (Å²) in [6, 6.07) is 69.8. The molecular weight excluding hydrogens is 957 g/mol. The maximum atomic E-state index is 7.17. The van der Waals surface area contributed by atoms with Crippen molar-refractivity contribution in [3.63, 3.8) is 0 Å². The van der Waals surface area contributed by atoms with Crippen LogP contribution in [0.3, 0.4) is 0 Å². The van der Waals surface area contributed by atoms with E-state index in [4.69, 9.17) is 40.6 Å². The van der Waals surface area contributed by atoms with Crippen LogP contribution in [0.25, 0.3) is 67.8 Å². The number of benzene rings is 8. The van der Waals surface area contributed by atoms with Gasteiger partial charge in [0.1, 0.15) is 11.5 Å². The number of nitrogens with zero attached hydrogens (tertiary/aromatic N) is 5. The summed E-state index contributed by atoms with van der Waals surface area (Å²) in [6.07, 6.45) is 3.76. The van der Waals surface area contributed by atoms with E-state index in [2.05, 4.69) is 159 Å². The van der Waals surface area contributed by atoms with Crippen molar-refractivity contribution in [3.8, 4) is 79.3 Å². The molecule has 2 atom stereocenters. The second-order valence-electron chi connectivity index (χ2n) is 20.8. The minimum atomic E-state index is -0.709. The molecule has 2 aromatic heterocycles. The molecule has 13 rings (SSSR count). The fraction of sp³-hybridized carbons (Fsp3) is 0.167. The van der Waals surface area contributed by atoms with E-state index < -0.39 is 23.7 Å². The van der Waals surface area contributed by atoms with Crippen LogP contribution in [-0.4, -0.2) is 43.2 Å². The van der Waals surface area contributed by atoms with E-state index in [0.717, 1.165) is 97.7 Å². The number of halogens is 1. The highest BCUT2D eigenvalue weighted by Crippen LogP contribution is 2.62. The Morgan fingerprint density at radius 3 is 1.78 bits per heavy atom. The predicted molar refractivity (Wildman–Crippen MR) is 304 cm³/mol. The highest BCUT2D eigenvalue weighted by atomic mass is 35.5. The molecule has 3 aliphatic rings. The molecule has 370 valence electrons. The molecule has 0 bridgehead atoms. The molecule has 1 spiro atoms. The molecule has 10 aromatic rings. The van der Waals surface area contributed by atoms with Gasteiger partial charge in [0.05, 0.1) is 28.0 Å².